The normalized spacial score (nSPS) is 21.4. The van der Waals surface area contributed by atoms with Gasteiger partial charge in [0, 0.05) is 24.3 Å². The van der Waals surface area contributed by atoms with Crippen molar-refractivity contribution < 1.29 is 27.8 Å². The van der Waals surface area contributed by atoms with E-state index >= 15 is 0 Å². The number of hydrogen-bond acceptors (Lipinski definition) is 10. The molecule has 4 bridgehead atoms. The van der Waals surface area contributed by atoms with E-state index in [1.807, 2.05) is 6.07 Å². The highest BCUT2D eigenvalue weighted by Crippen LogP contribution is 2.34. The molecule has 2 aliphatic rings. The maximum Gasteiger partial charge on any atom is 0.278 e. The van der Waals surface area contributed by atoms with Crippen molar-refractivity contribution in [2.24, 2.45) is 5.73 Å². The molecule has 1 amide bonds. The smallest absolute Gasteiger partial charge is 0.278 e. The van der Waals surface area contributed by atoms with Crippen LogP contribution in [0, 0.1) is 0 Å². The Morgan fingerprint density at radius 2 is 1.78 bits per heavy atom. The highest BCUT2D eigenvalue weighted by atomic mass is 32.2. The summed E-state index contributed by atoms with van der Waals surface area (Å²) in [5, 5.41) is 13.8. The first kappa shape index (κ1) is 30.4. The minimum absolute atomic E-state index is 0.0178. The number of rotatable bonds is 1. The molecule has 12 heteroatoms. The van der Waals surface area contributed by atoms with Gasteiger partial charge >= 0.3 is 0 Å². The van der Waals surface area contributed by atoms with Crippen molar-refractivity contribution in [3.8, 4) is 17.0 Å². The van der Waals surface area contributed by atoms with Gasteiger partial charge in [0.25, 0.3) is 5.91 Å². The van der Waals surface area contributed by atoms with E-state index < -0.39 is 26.1 Å². The number of aliphatic hydroxyl groups is 1. The van der Waals surface area contributed by atoms with Crippen LogP contribution >= 0.6 is 0 Å². The lowest BCUT2D eigenvalue weighted by atomic mass is 9.94. The number of ether oxygens (including phenoxy) is 2. The molecule has 2 aromatic carbocycles. The first-order chi connectivity index (χ1) is 19.3. The molecule has 0 saturated heterocycles. The fraction of sp³-hybridized carbons (Fsp3) is 0.414. The molecule has 11 nitrogen and oxygen atoms in total. The zero-order valence-electron chi connectivity index (χ0n) is 23.5. The van der Waals surface area contributed by atoms with Gasteiger partial charge in [0.15, 0.2) is 21.3 Å². The standard InChI is InChI=1S/C29H37N5O6S/c1-28(2)17-29(3,36)18-39-13-4-5-14-40-25-20(15-30)7-6-8-22(25)34-27(35)24-26(31)32-16-23(33-24)19-9-11-21(12-10-19)41(28,37)38/h6-12,16,36H,4-5,13-15,17-18,30H2,1-3H3,(H2,31,32)(H,34,35)/t29-/m1/s1. The van der Waals surface area contributed by atoms with Crippen LogP contribution in [0.3, 0.4) is 0 Å². The quantitative estimate of drug-likeness (QED) is 0.332. The van der Waals surface area contributed by atoms with Crippen molar-refractivity contribution >= 4 is 27.2 Å². The van der Waals surface area contributed by atoms with Crippen LogP contribution in [-0.2, 0) is 21.1 Å². The van der Waals surface area contributed by atoms with E-state index in [4.69, 9.17) is 20.9 Å². The number of carbonyl (C=O) groups is 1. The number of aromatic nitrogens is 2. The molecule has 2 aliphatic heterocycles. The highest BCUT2D eigenvalue weighted by molar-refractivity contribution is 7.92. The predicted octanol–water partition coefficient (Wildman–Crippen LogP) is 3.32. The maximum absolute atomic E-state index is 13.5. The number of fused-ring (bicyclic) bond motifs is 13. The minimum Gasteiger partial charge on any atom is -0.491 e. The third kappa shape index (κ3) is 6.84. The first-order valence-electron chi connectivity index (χ1n) is 13.4. The van der Waals surface area contributed by atoms with Crippen LogP contribution in [0.25, 0.3) is 11.3 Å². The van der Waals surface area contributed by atoms with E-state index in [0.717, 1.165) is 5.56 Å². The van der Waals surface area contributed by atoms with Gasteiger partial charge in [0.05, 0.1) is 46.0 Å². The summed E-state index contributed by atoms with van der Waals surface area (Å²) in [6, 6.07) is 11.4. The van der Waals surface area contributed by atoms with Crippen LogP contribution in [0.4, 0.5) is 11.5 Å². The number of sulfone groups is 1. The molecule has 1 aromatic heterocycles. The van der Waals surface area contributed by atoms with Crippen LogP contribution in [0.2, 0.25) is 0 Å². The second kappa shape index (κ2) is 12.1. The van der Waals surface area contributed by atoms with Gasteiger partial charge < -0.3 is 31.4 Å². The summed E-state index contributed by atoms with van der Waals surface area (Å²) in [4.78, 5) is 22.0. The summed E-state index contributed by atoms with van der Waals surface area (Å²) in [7, 11) is -3.83. The molecule has 41 heavy (non-hydrogen) atoms. The molecule has 6 N–H and O–H groups in total. The number of amides is 1. The largest absolute Gasteiger partial charge is 0.491 e. The van der Waals surface area contributed by atoms with E-state index in [2.05, 4.69) is 15.3 Å². The summed E-state index contributed by atoms with van der Waals surface area (Å²) in [5.74, 6) is -0.193. The Labute approximate surface area is 240 Å². The van der Waals surface area contributed by atoms with Gasteiger partial charge in [-0.05, 0) is 58.2 Å². The Bertz CT molecular complexity index is 1510. The molecule has 0 saturated carbocycles. The number of nitrogen functional groups attached to an aromatic ring is 1. The Kier molecular flexibility index (Phi) is 8.97. The molecule has 0 radical (unpaired) electrons. The van der Waals surface area contributed by atoms with Gasteiger partial charge in [0.1, 0.15) is 5.75 Å². The van der Waals surface area contributed by atoms with Crippen molar-refractivity contribution in [3.05, 3.63) is 59.9 Å². The molecule has 3 heterocycles. The number of nitrogens with zero attached hydrogens (tertiary/aromatic N) is 2. The van der Waals surface area contributed by atoms with Crippen LogP contribution in [0.1, 0.15) is 56.1 Å². The number of nitrogens with two attached hydrogens (primary N) is 2. The van der Waals surface area contributed by atoms with E-state index in [-0.39, 0.29) is 36.0 Å². The molecular formula is C29H37N5O6S. The molecule has 0 fully saturated rings. The van der Waals surface area contributed by atoms with Crippen LogP contribution in [0.15, 0.2) is 53.6 Å². The fourth-order valence-corrected chi connectivity index (χ4v) is 6.49. The first-order valence-corrected chi connectivity index (χ1v) is 14.9. The minimum atomic E-state index is -3.83. The highest BCUT2D eigenvalue weighted by Gasteiger charge is 2.41. The SMILES string of the molecule is CC1(C)C[C@@](C)(O)COCCCCOc2c(CN)cccc2NC(=O)c2nc(cnc2N)-c2ccc(cc2)S1(=O)=O. The van der Waals surface area contributed by atoms with Gasteiger partial charge in [-0.15, -0.1) is 0 Å². The number of anilines is 2. The van der Waals surface area contributed by atoms with Crippen LogP contribution < -0.4 is 21.5 Å². The third-order valence-electron chi connectivity index (χ3n) is 6.92. The van der Waals surface area contributed by atoms with Crippen LogP contribution in [0.5, 0.6) is 5.75 Å². The van der Waals surface area contributed by atoms with Gasteiger partial charge in [0.2, 0.25) is 0 Å². The Morgan fingerprint density at radius 1 is 1.07 bits per heavy atom. The molecule has 0 aliphatic carbocycles. The summed E-state index contributed by atoms with van der Waals surface area (Å²) >= 11 is 0. The predicted molar refractivity (Wildman–Crippen MR) is 156 cm³/mol. The van der Waals surface area contributed by atoms with E-state index in [0.29, 0.717) is 48.7 Å². The van der Waals surface area contributed by atoms with E-state index in [1.165, 1.54) is 18.3 Å². The molecule has 0 spiro atoms. The average Bonchev–Trinajstić information content (AvgIpc) is 2.92. The summed E-state index contributed by atoms with van der Waals surface area (Å²) in [6.45, 7) is 5.62. The Hall–Kier alpha value is -3.58. The van der Waals surface area contributed by atoms with Crippen molar-refractivity contribution in [2.45, 2.75) is 61.8 Å². The number of benzene rings is 2. The lowest BCUT2D eigenvalue weighted by Gasteiger charge is -2.33. The zero-order chi connectivity index (χ0) is 29.8. The van der Waals surface area contributed by atoms with Gasteiger partial charge in [-0.2, -0.15) is 0 Å². The molecule has 0 unspecified atom stereocenters. The molecule has 3 aromatic rings. The van der Waals surface area contributed by atoms with Gasteiger partial charge in [-0.1, -0.05) is 24.3 Å². The van der Waals surface area contributed by atoms with Crippen molar-refractivity contribution in [2.75, 3.05) is 30.9 Å². The molecule has 5 rings (SSSR count). The summed E-state index contributed by atoms with van der Waals surface area (Å²) in [6.07, 6.45) is 2.65. The zero-order valence-corrected chi connectivity index (χ0v) is 24.3. The number of hydrogen-bond donors (Lipinski definition) is 4. The summed E-state index contributed by atoms with van der Waals surface area (Å²) < 4.78 is 37.5. The third-order valence-corrected chi connectivity index (χ3v) is 9.41. The van der Waals surface area contributed by atoms with E-state index in [1.54, 1.807) is 45.0 Å². The number of nitrogens with one attached hydrogen (secondary N) is 1. The lowest BCUT2D eigenvalue weighted by molar-refractivity contribution is -0.0444. The molecule has 1 atom stereocenters. The number of carbonyl (C=O) groups excluding carboxylic acids is 1. The van der Waals surface area contributed by atoms with Crippen LogP contribution in [-0.4, -0.2) is 59.6 Å². The fourth-order valence-electron chi connectivity index (χ4n) is 4.86. The second-order valence-corrected chi connectivity index (χ2v) is 13.6. The van der Waals surface area contributed by atoms with E-state index in [9.17, 15) is 18.3 Å². The van der Waals surface area contributed by atoms with Crippen molar-refractivity contribution in [1.82, 2.24) is 9.97 Å². The average molecular weight is 584 g/mol. The van der Waals surface area contributed by atoms with Crippen molar-refractivity contribution in [3.63, 3.8) is 0 Å². The summed E-state index contributed by atoms with van der Waals surface area (Å²) in [5.41, 5.74) is 12.5. The second-order valence-electron chi connectivity index (χ2n) is 11.0. The Balaban J connectivity index is 1.73. The lowest BCUT2D eigenvalue weighted by Crippen LogP contribution is -2.43. The van der Waals surface area contributed by atoms with Gasteiger partial charge in [-0.25, -0.2) is 18.4 Å². The monoisotopic (exact) mass is 583 g/mol. The van der Waals surface area contributed by atoms with Gasteiger partial charge in [-0.3, -0.25) is 4.79 Å². The molecular weight excluding hydrogens is 546 g/mol. The van der Waals surface area contributed by atoms with Crippen molar-refractivity contribution in [1.29, 1.82) is 0 Å². The molecule has 220 valence electrons. The topological polar surface area (TPSA) is 180 Å². The number of para-hydroxylation sites is 1. The Morgan fingerprint density at radius 3 is 2.49 bits per heavy atom. The maximum atomic E-state index is 13.5.